The van der Waals surface area contributed by atoms with Crippen LogP contribution in [0.3, 0.4) is 0 Å². The SMILES string of the molecule is CCCC(C)(CN)CN1CCCC(C)(O)CC1. The smallest absolute Gasteiger partial charge is 0.0632 e. The molecule has 3 N–H and O–H groups in total. The van der Waals surface area contributed by atoms with E-state index < -0.39 is 5.60 Å². The van der Waals surface area contributed by atoms with Gasteiger partial charge in [0.1, 0.15) is 0 Å². The lowest BCUT2D eigenvalue weighted by atomic mass is 9.85. The van der Waals surface area contributed by atoms with Gasteiger partial charge < -0.3 is 15.7 Å². The summed E-state index contributed by atoms with van der Waals surface area (Å²) >= 11 is 0. The van der Waals surface area contributed by atoms with Crippen LogP contribution in [0.15, 0.2) is 0 Å². The predicted molar refractivity (Wildman–Crippen MR) is 73.0 cm³/mol. The van der Waals surface area contributed by atoms with Crippen LogP contribution in [-0.2, 0) is 0 Å². The van der Waals surface area contributed by atoms with Crippen molar-refractivity contribution in [3.8, 4) is 0 Å². The van der Waals surface area contributed by atoms with Gasteiger partial charge in [0.2, 0.25) is 0 Å². The van der Waals surface area contributed by atoms with Gasteiger partial charge in [-0.1, -0.05) is 20.3 Å². The van der Waals surface area contributed by atoms with Crippen LogP contribution in [0.5, 0.6) is 0 Å². The van der Waals surface area contributed by atoms with Crippen molar-refractivity contribution in [3.63, 3.8) is 0 Å². The lowest BCUT2D eigenvalue weighted by Crippen LogP contribution is -2.41. The first-order valence-corrected chi connectivity index (χ1v) is 7.06. The second kappa shape index (κ2) is 6.17. The molecule has 0 aromatic rings. The topological polar surface area (TPSA) is 49.5 Å². The minimum Gasteiger partial charge on any atom is -0.390 e. The molecule has 2 unspecified atom stereocenters. The van der Waals surface area contributed by atoms with E-state index in [1.165, 1.54) is 12.8 Å². The minimum absolute atomic E-state index is 0.241. The minimum atomic E-state index is -0.460. The van der Waals surface area contributed by atoms with Gasteiger partial charge in [-0.05, 0) is 51.1 Å². The van der Waals surface area contributed by atoms with Crippen molar-refractivity contribution >= 4 is 0 Å². The van der Waals surface area contributed by atoms with E-state index in [0.29, 0.717) is 0 Å². The molecule has 0 aromatic carbocycles. The van der Waals surface area contributed by atoms with Gasteiger partial charge in [0.05, 0.1) is 5.60 Å². The molecule has 0 spiro atoms. The number of nitrogens with zero attached hydrogens (tertiary/aromatic N) is 1. The highest BCUT2D eigenvalue weighted by molar-refractivity contribution is 4.84. The molecule has 0 amide bonds. The van der Waals surface area contributed by atoms with E-state index in [-0.39, 0.29) is 5.41 Å². The molecule has 1 saturated heterocycles. The fourth-order valence-electron chi connectivity index (χ4n) is 2.87. The van der Waals surface area contributed by atoms with Gasteiger partial charge in [0, 0.05) is 13.1 Å². The molecule has 3 heteroatoms. The monoisotopic (exact) mass is 242 g/mol. The molecule has 1 fully saturated rings. The van der Waals surface area contributed by atoms with E-state index in [9.17, 15) is 5.11 Å². The molecule has 0 bridgehead atoms. The highest BCUT2D eigenvalue weighted by Crippen LogP contribution is 2.27. The molecule has 0 aromatic heterocycles. The average molecular weight is 242 g/mol. The van der Waals surface area contributed by atoms with E-state index in [0.717, 1.165) is 45.4 Å². The van der Waals surface area contributed by atoms with Crippen LogP contribution in [0, 0.1) is 5.41 Å². The summed E-state index contributed by atoms with van der Waals surface area (Å²) in [5.74, 6) is 0. The highest BCUT2D eigenvalue weighted by Gasteiger charge is 2.29. The first-order chi connectivity index (χ1) is 7.91. The van der Waals surface area contributed by atoms with Crippen molar-refractivity contribution in [1.29, 1.82) is 0 Å². The Morgan fingerprint density at radius 3 is 2.65 bits per heavy atom. The van der Waals surface area contributed by atoms with Gasteiger partial charge in [-0.25, -0.2) is 0 Å². The van der Waals surface area contributed by atoms with Crippen molar-refractivity contribution in [2.45, 2.75) is 58.5 Å². The zero-order valence-corrected chi connectivity index (χ0v) is 11.8. The molecule has 3 nitrogen and oxygen atoms in total. The zero-order valence-electron chi connectivity index (χ0n) is 11.8. The maximum Gasteiger partial charge on any atom is 0.0632 e. The normalized spacial score (nSPS) is 30.9. The average Bonchev–Trinajstić information content (AvgIpc) is 2.41. The summed E-state index contributed by atoms with van der Waals surface area (Å²) in [5, 5.41) is 10.1. The predicted octanol–water partition coefficient (Wildman–Crippen LogP) is 1.99. The second-order valence-corrected chi connectivity index (χ2v) is 6.39. The summed E-state index contributed by atoms with van der Waals surface area (Å²) in [6.45, 7) is 10.4. The largest absolute Gasteiger partial charge is 0.390 e. The van der Waals surface area contributed by atoms with Crippen LogP contribution in [0.2, 0.25) is 0 Å². The molecular formula is C14H30N2O. The van der Waals surface area contributed by atoms with Gasteiger partial charge in [0.25, 0.3) is 0 Å². The Balaban J connectivity index is 2.50. The summed E-state index contributed by atoms with van der Waals surface area (Å²) in [7, 11) is 0. The zero-order chi connectivity index (χ0) is 12.9. The van der Waals surface area contributed by atoms with E-state index in [2.05, 4.69) is 18.7 Å². The lowest BCUT2D eigenvalue weighted by Gasteiger charge is -2.34. The maximum absolute atomic E-state index is 10.1. The molecule has 17 heavy (non-hydrogen) atoms. The van der Waals surface area contributed by atoms with Gasteiger partial charge >= 0.3 is 0 Å². The Morgan fingerprint density at radius 2 is 2.06 bits per heavy atom. The van der Waals surface area contributed by atoms with Crippen LogP contribution in [0.25, 0.3) is 0 Å². The fourth-order valence-corrected chi connectivity index (χ4v) is 2.87. The molecule has 1 aliphatic heterocycles. The van der Waals surface area contributed by atoms with Gasteiger partial charge in [-0.2, -0.15) is 0 Å². The standard InChI is InChI=1S/C14H30N2O/c1-4-6-13(2,11-15)12-16-9-5-7-14(3,17)8-10-16/h17H,4-12,15H2,1-3H3. The van der Waals surface area contributed by atoms with Gasteiger partial charge in [-0.3, -0.25) is 0 Å². The Bertz CT molecular complexity index is 230. The Hall–Kier alpha value is -0.120. The van der Waals surface area contributed by atoms with Gasteiger partial charge in [0.15, 0.2) is 0 Å². The first kappa shape index (κ1) is 14.9. The van der Waals surface area contributed by atoms with E-state index in [1.54, 1.807) is 0 Å². The highest BCUT2D eigenvalue weighted by atomic mass is 16.3. The summed E-state index contributed by atoms with van der Waals surface area (Å²) < 4.78 is 0. The van der Waals surface area contributed by atoms with Crippen LogP contribution in [-0.4, -0.2) is 41.8 Å². The lowest BCUT2D eigenvalue weighted by molar-refractivity contribution is 0.0429. The van der Waals surface area contributed by atoms with E-state index in [1.807, 2.05) is 6.92 Å². The van der Waals surface area contributed by atoms with E-state index >= 15 is 0 Å². The molecule has 1 heterocycles. The molecular weight excluding hydrogens is 212 g/mol. The number of nitrogens with two attached hydrogens (primary N) is 1. The maximum atomic E-state index is 10.1. The number of aliphatic hydroxyl groups is 1. The molecule has 0 radical (unpaired) electrons. The third kappa shape index (κ3) is 4.94. The molecule has 1 aliphatic rings. The van der Waals surface area contributed by atoms with Crippen LogP contribution in [0.4, 0.5) is 0 Å². The van der Waals surface area contributed by atoms with Crippen LogP contribution in [0.1, 0.15) is 52.9 Å². The Morgan fingerprint density at radius 1 is 1.35 bits per heavy atom. The van der Waals surface area contributed by atoms with Crippen LogP contribution >= 0.6 is 0 Å². The third-order valence-corrected chi connectivity index (χ3v) is 4.11. The summed E-state index contributed by atoms with van der Waals surface area (Å²) in [6.07, 6.45) is 5.30. The number of hydrogen-bond acceptors (Lipinski definition) is 3. The van der Waals surface area contributed by atoms with Gasteiger partial charge in [-0.15, -0.1) is 0 Å². The summed E-state index contributed by atoms with van der Waals surface area (Å²) in [4.78, 5) is 2.49. The van der Waals surface area contributed by atoms with Crippen molar-refractivity contribution in [1.82, 2.24) is 4.90 Å². The fraction of sp³-hybridized carbons (Fsp3) is 1.00. The molecule has 102 valence electrons. The summed E-state index contributed by atoms with van der Waals surface area (Å²) in [5.41, 5.74) is 5.71. The second-order valence-electron chi connectivity index (χ2n) is 6.39. The number of rotatable bonds is 5. The molecule has 0 aliphatic carbocycles. The van der Waals surface area contributed by atoms with Crippen LogP contribution < -0.4 is 5.73 Å². The Labute approximate surface area is 106 Å². The first-order valence-electron chi connectivity index (χ1n) is 7.06. The molecule has 2 atom stereocenters. The van der Waals surface area contributed by atoms with Crippen molar-refractivity contribution in [2.75, 3.05) is 26.2 Å². The number of likely N-dealkylation sites (tertiary alicyclic amines) is 1. The molecule has 1 rings (SSSR count). The van der Waals surface area contributed by atoms with E-state index in [4.69, 9.17) is 5.73 Å². The third-order valence-electron chi connectivity index (χ3n) is 4.11. The van der Waals surface area contributed by atoms with Crippen molar-refractivity contribution < 1.29 is 5.11 Å². The number of hydrogen-bond donors (Lipinski definition) is 2. The van der Waals surface area contributed by atoms with Crippen molar-refractivity contribution in [2.24, 2.45) is 11.1 Å². The quantitative estimate of drug-likeness (QED) is 0.775. The Kier molecular flexibility index (Phi) is 5.42. The molecule has 0 saturated carbocycles. The summed E-state index contributed by atoms with van der Waals surface area (Å²) in [6, 6.07) is 0. The van der Waals surface area contributed by atoms with Crippen molar-refractivity contribution in [3.05, 3.63) is 0 Å².